The number of hydrogen-bond donors (Lipinski definition) is 2. The quantitative estimate of drug-likeness (QED) is 0.416. The largest absolute Gasteiger partial charge is 0.389 e. The molecule has 3 rings (SSSR count). The zero-order chi connectivity index (χ0) is 25.3. The van der Waals surface area contributed by atoms with E-state index in [0.717, 1.165) is 11.0 Å². The number of nitrogens with one attached hydrogen (secondary N) is 1. The van der Waals surface area contributed by atoms with Crippen molar-refractivity contribution in [3.8, 4) is 0 Å². The van der Waals surface area contributed by atoms with Gasteiger partial charge in [-0.05, 0) is 36.2 Å². The molecule has 7 nitrogen and oxygen atoms in total. The van der Waals surface area contributed by atoms with Gasteiger partial charge in [-0.2, -0.15) is 13.2 Å². The van der Waals surface area contributed by atoms with Crippen LogP contribution in [0, 0.1) is 5.82 Å². The third kappa shape index (κ3) is 7.06. The van der Waals surface area contributed by atoms with E-state index < -0.39 is 68.7 Å². The van der Waals surface area contributed by atoms with Crippen molar-refractivity contribution in [3.05, 3.63) is 58.4 Å². The van der Waals surface area contributed by atoms with Gasteiger partial charge >= 0.3 is 6.18 Å². The predicted molar refractivity (Wildman–Crippen MR) is 124 cm³/mol. The minimum Gasteiger partial charge on any atom is -0.352 e. The van der Waals surface area contributed by atoms with E-state index in [0.29, 0.717) is 16.7 Å². The van der Waals surface area contributed by atoms with Crippen LogP contribution in [0.4, 0.5) is 23.2 Å². The molecule has 0 spiro atoms. The van der Waals surface area contributed by atoms with Crippen LogP contribution in [0.5, 0.6) is 0 Å². The van der Waals surface area contributed by atoms with Gasteiger partial charge in [0.2, 0.25) is 5.91 Å². The Morgan fingerprint density at radius 1 is 1.20 bits per heavy atom. The van der Waals surface area contributed by atoms with Crippen LogP contribution >= 0.6 is 24.0 Å². The van der Waals surface area contributed by atoms with Crippen LogP contribution < -0.4 is 16.0 Å². The number of fused-ring (bicyclic) bond motifs is 1. The first-order chi connectivity index (χ1) is 15.8. The SMILES string of the molecule is Cl.N[C@H]1CS(=O)(=O)c2cc(F)c(C(=O)NCCCC(F)(F)F)cc2N(Cc2ccc(Cl)cc2)C1=O. The predicted octanol–water partition coefficient (Wildman–Crippen LogP) is 3.62. The summed E-state index contributed by atoms with van der Waals surface area (Å²) < 4.78 is 77.2. The number of alkyl halides is 3. The summed E-state index contributed by atoms with van der Waals surface area (Å²) in [5.41, 5.74) is 5.48. The molecule has 0 aliphatic carbocycles. The Labute approximate surface area is 209 Å². The number of sulfone groups is 1. The highest BCUT2D eigenvalue weighted by Crippen LogP contribution is 2.34. The van der Waals surface area contributed by atoms with Crippen molar-refractivity contribution in [3.63, 3.8) is 0 Å². The highest BCUT2D eigenvalue weighted by molar-refractivity contribution is 7.91. The smallest absolute Gasteiger partial charge is 0.352 e. The number of carbonyl (C=O) groups is 2. The van der Waals surface area contributed by atoms with Crippen LogP contribution in [0.15, 0.2) is 41.3 Å². The van der Waals surface area contributed by atoms with Gasteiger partial charge in [0.1, 0.15) is 5.82 Å². The lowest BCUT2D eigenvalue weighted by Crippen LogP contribution is -2.45. The van der Waals surface area contributed by atoms with Crippen LogP contribution in [0.2, 0.25) is 5.02 Å². The zero-order valence-corrected chi connectivity index (χ0v) is 20.3. The summed E-state index contributed by atoms with van der Waals surface area (Å²) in [5.74, 6) is -3.78. The maximum atomic E-state index is 14.7. The molecule has 0 saturated heterocycles. The monoisotopic (exact) mass is 557 g/mol. The number of rotatable bonds is 6. The van der Waals surface area contributed by atoms with Gasteiger partial charge in [0.15, 0.2) is 9.84 Å². The molecule has 35 heavy (non-hydrogen) atoms. The number of benzene rings is 2. The van der Waals surface area contributed by atoms with Crippen LogP contribution in [-0.4, -0.2) is 44.7 Å². The molecule has 1 aliphatic heterocycles. The Hall–Kier alpha value is -2.41. The Bertz CT molecular complexity index is 1210. The molecule has 0 bridgehead atoms. The Kier molecular flexibility index (Phi) is 9.15. The summed E-state index contributed by atoms with van der Waals surface area (Å²) in [4.78, 5) is 25.9. The lowest BCUT2D eigenvalue weighted by molar-refractivity contribution is -0.135. The van der Waals surface area contributed by atoms with Crippen molar-refractivity contribution in [2.45, 2.75) is 36.5 Å². The molecule has 0 unspecified atom stereocenters. The third-order valence-corrected chi connectivity index (χ3v) is 7.12. The molecule has 1 atom stereocenters. The van der Waals surface area contributed by atoms with Crippen LogP contribution in [0.25, 0.3) is 0 Å². The van der Waals surface area contributed by atoms with Crippen LogP contribution in [-0.2, 0) is 21.2 Å². The third-order valence-electron chi connectivity index (χ3n) is 5.08. The molecule has 0 saturated carbocycles. The number of nitrogens with two attached hydrogens (primary N) is 1. The van der Waals surface area contributed by atoms with Gasteiger partial charge in [-0.1, -0.05) is 23.7 Å². The van der Waals surface area contributed by atoms with E-state index in [1.807, 2.05) is 0 Å². The second-order valence-electron chi connectivity index (χ2n) is 7.71. The van der Waals surface area contributed by atoms with Crippen LogP contribution in [0.3, 0.4) is 0 Å². The van der Waals surface area contributed by atoms with Gasteiger partial charge in [-0.3, -0.25) is 9.59 Å². The van der Waals surface area contributed by atoms with Crippen molar-refractivity contribution in [1.82, 2.24) is 5.32 Å². The molecule has 2 aromatic carbocycles. The van der Waals surface area contributed by atoms with E-state index in [2.05, 4.69) is 5.32 Å². The Morgan fingerprint density at radius 2 is 1.83 bits per heavy atom. The fourth-order valence-electron chi connectivity index (χ4n) is 3.42. The van der Waals surface area contributed by atoms with Crippen molar-refractivity contribution in [2.75, 3.05) is 17.2 Å². The van der Waals surface area contributed by atoms with Gasteiger partial charge in [0, 0.05) is 18.0 Å². The summed E-state index contributed by atoms with van der Waals surface area (Å²) in [7, 11) is -4.20. The van der Waals surface area contributed by atoms with E-state index in [1.165, 1.54) is 0 Å². The number of anilines is 1. The van der Waals surface area contributed by atoms with E-state index in [1.54, 1.807) is 24.3 Å². The standard InChI is InChI=1S/C21H20ClF4N3O4S.ClH/c22-13-4-2-12(3-5-13)10-29-17-8-14(19(30)28-7-1-6-21(24,25)26)15(23)9-18(17)34(32,33)11-16(27)20(29)31;/h2-5,8-9,16H,1,6-7,10-11,27H2,(H,28,30);1H/t16-;/m0./s1. The maximum absolute atomic E-state index is 14.7. The van der Waals surface area contributed by atoms with Crippen molar-refractivity contribution in [1.29, 1.82) is 0 Å². The van der Waals surface area contributed by atoms with Crippen molar-refractivity contribution >= 4 is 51.3 Å². The molecular formula is C21H21Cl2F4N3O4S. The molecule has 192 valence electrons. The van der Waals surface area contributed by atoms with E-state index >= 15 is 0 Å². The molecule has 0 radical (unpaired) electrons. The summed E-state index contributed by atoms with van der Waals surface area (Å²) in [6, 6.07) is 6.38. The lowest BCUT2D eigenvalue weighted by Gasteiger charge is -2.25. The average molecular weight is 558 g/mol. The van der Waals surface area contributed by atoms with Gasteiger partial charge in [0.05, 0.1) is 34.5 Å². The van der Waals surface area contributed by atoms with E-state index in [9.17, 15) is 35.6 Å². The van der Waals surface area contributed by atoms with Gasteiger partial charge in [-0.15, -0.1) is 12.4 Å². The minimum atomic E-state index is -4.41. The number of halogens is 6. The molecule has 3 N–H and O–H groups in total. The molecular weight excluding hydrogens is 537 g/mol. The summed E-state index contributed by atoms with van der Waals surface area (Å²) in [6.45, 7) is -0.532. The number of hydrogen-bond acceptors (Lipinski definition) is 5. The summed E-state index contributed by atoms with van der Waals surface area (Å²) >= 11 is 5.87. The average Bonchev–Trinajstić information content (AvgIpc) is 2.80. The van der Waals surface area contributed by atoms with Gasteiger partial charge < -0.3 is 16.0 Å². The molecule has 2 aromatic rings. The van der Waals surface area contributed by atoms with Gasteiger partial charge in [-0.25, -0.2) is 12.8 Å². The molecule has 1 aliphatic rings. The normalized spacial score (nSPS) is 17.3. The number of amides is 2. The summed E-state index contributed by atoms with van der Waals surface area (Å²) in [5, 5.41) is 2.60. The van der Waals surface area contributed by atoms with Gasteiger partial charge in [0.25, 0.3) is 5.91 Å². The molecule has 0 fully saturated rings. The van der Waals surface area contributed by atoms with Crippen molar-refractivity contribution in [2.24, 2.45) is 5.73 Å². The fourth-order valence-corrected chi connectivity index (χ4v) is 5.11. The Morgan fingerprint density at radius 3 is 2.43 bits per heavy atom. The minimum absolute atomic E-state index is 0. The molecule has 0 aromatic heterocycles. The second-order valence-corrected chi connectivity index (χ2v) is 10.2. The summed E-state index contributed by atoms with van der Waals surface area (Å²) in [6.07, 6.45) is -5.97. The lowest BCUT2D eigenvalue weighted by atomic mass is 10.1. The highest BCUT2D eigenvalue weighted by atomic mass is 35.5. The molecule has 1 heterocycles. The van der Waals surface area contributed by atoms with Crippen LogP contribution in [0.1, 0.15) is 28.8 Å². The number of nitrogens with zero attached hydrogens (tertiary/aromatic N) is 1. The highest BCUT2D eigenvalue weighted by Gasteiger charge is 2.37. The second kappa shape index (κ2) is 11.1. The van der Waals surface area contributed by atoms with E-state index in [4.69, 9.17) is 17.3 Å². The first kappa shape index (κ1) is 28.8. The first-order valence-corrected chi connectivity index (χ1v) is 12.0. The molecule has 2 amide bonds. The first-order valence-electron chi connectivity index (χ1n) is 10.0. The van der Waals surface area contributed by atoms with E-state index in [-0.39, 0.29) is 31.2 Å². The zero-order valence-electron chi connectivity index (χ0n) is 17.9. The maximum Gasteiger partial charge on any atom is 0.389 e. The van der Waals surface area contributed by atoms with Crippen molar-refractivity contribution < 1.29 is 35.6 Å². The fraction of sp³-hybridized carbons (Fsp3) is 0.333. The Balaban J connectivity index is 0.00000432. The number of carbonyl (C=O) groups excluding carboxylic acids is 2. The molecule has 14 heteroatoms. The topological polar surface area (TPSA) is 110 Å².